The normalized spacial score (nSPS) is 24.3. The van der Waals surface area contributed by atoms with E-state index in [1.807, 2.05) is 0 Å². The van der Waals surface area contributed by atoms with Crippen LogP contribution in [0.25, 0.3) is 0 Å². The molecule has 3 rings (SSSR count). The van der Waals surface area contributed by atoms with Crippen molar-refractivity contribution in [3.05, 3.63) is 35.4 Å². The van der Waals surface area contributed by atoms with Gasteiger partial charge in [-0.15, -0.1) is 0 Å². The lowest BCUT2D eigenvalue weighted by atomic mass is 9.90. The maximum atomic E-state index is 12.7. The fourth-order valence-corrected chi connectivity index (χ4v) is 3.99. The van der Waals surface area contributed by atoms with Gasteiger partial charge in [0.1, 0.15) is 0 Å². The van der Waals surface area contributed by atoms with Crippen LogP contribution in [0.4, 0.5) is 0 Å². The van der Waals surface area contributed by atoms with E-state index in [9.17, 15) is 4.79 Å². The lowest BCUT2D eigenvalue weighted by Crippen LogP contribution is -2.36. The summed E-state index contributed by atoms with van der Waals surface area (Å²) in [4.78, 5) is 12.7. The van der Waals surface area contributed by atoms with Crippen molar-refractivity contribution in [1.82, 2.24) is 10.6 Å². The van der Waals surface area contributed by atoms with Gasteiger partial charge in [-0.1, -0.05) is 38.1 Å². The highest BCUT2D eigenvalue weighted by atomic mass is 16.2. The fraction of sp³-hybridized carbons (Fsp3) is 0.632. The molecule has 2 fully saturated rings. The highest BCUT2D eigenvalue weighted by molar-refractivity contribution is 5.83. The number of aryl methyl sites for hydroxylation is 1. The molecule has 3 heteroatoms. The molecule has 2 N–H and O–H groups in total. The molecular weight excluding hydrogens is 272 g/mol. The predicted molar refractivity (Wildman–Crippen MR) is 89.5 cm³/mol. The molecular formula is C19H28N2O. The van der Waals surface area contributed by atoms with E-state index < -0.39 is 0 Å². The van der Waals surface area contributed by atoms with Crippen molar-refractivity contribution in [1.29, 1.82) is 0 Å². The lowest BCUT2D eigenvalue weighted by molar-refractivity contribution is -0.124. The molecule has 1 amide bonds. The van der Waals surface area contributed by atoms with Gasteiger partial charge < -0.3 is 10.6 Å². The molecule has 0 aromatic heterocycles. The van der Waals surface area contributed by atoms with Gasteiger partial charge in [-0.25, -0.2) is 0 Å². The van der Waals surface area contributed by atoms with Gasteiger partial charge in [-0.3, -0.25) is 4.79 Å². The van der Waals surface area contributed by atoms with Crippen LogP contribution in [0.2, 0.25) is 0 Å². The van der Waals surface area contributed by atoms with Crippen molar-refractivity contribution in [3.8, 4) is 0 Å². The second kappa shape index (κ2) is 6.04. The Morgan fingerprint density at radius 3 is 2.59 bits per heavy atom. The van der Waals surface area contributed by atoms with E-state index in [1.54, 1.807) is 0 Å². The van der Waals surface area contributed by atoms with Crippen LogP contribution < -0.4 is 10.6 Å². The quantitative estimate of drug-likeness (QED) is 0.896. The van der Waals surface area contributed by atoms with Crippen molar-refractivity contribution in [2.24, 2.45) is 17.3 Å². The molecule has 1 heterocycles. The van der Waals surface area contributed by atoms with Crippen molar-refractivity contribution >= 4 is 5.91 Å². The molecule has 3 nitrogen and oxygen atoms in total. The molecule has 22 heavy (non-hydrogen) atoms. The van der Waals surface area contributed by atoms with Crippen molar-refractivity contribution in [3.63, 3.8) is 0 Å². The van der Waals surface area contributed by atoms with E-state index >= 15 is 0 Å². The summed E-state index contributed by atoms with van der Waals surface area (Å²) < 4.78 is 0. The number of amides is 1. The molecule has 2 atom stereocenters. The summed E-state index contributed by atoms with van der Waals surface area (Å²) in [6.07, 6.45) is 3.39. The number of carbonyl (C=O) groups excluding carboxylic acids is 1. The molecule has 1 spiro atoms. The molecule has 2 aliphatic rings. The molecule has 0 bridgehead atoms. The number of piperidine rings is 1. The Kier molecular flexibility index (Phi) is 4.26. The van der Waals surface area contributed by atoms with E-state index in [4.69, 9.17) is 0 Å². The Labute approximate surface area is 133 Å². The van der Waals surface area contributed by atoms with E-state index in [-0.39, 0.29) is 17.9 Å². The molecule has 0 radical (unpaired) electrons. The molecule has 1 aromatic rings. The van der Waals surface area contributed by atoms with Crippen LogP contribution in [0.5, 0.6) is 0 Å². The monoisotopic (exact) mass is 300 g/mol. The van der Waals surface area contributed by atoms with Gasteiger partial charge >= 0.3 is 0 Å². The molecule has 1 aliphatic carbocycles. The lowest BCUT2D eigenvalue weighted by Gasteiger charge is -2.27. The maximum Gasteiger partial charge on any atom is 0.224 e. The highest BCUT2D eigenvalue weighted by Crippen LogP contribution is 2.58. The minimum absolute atomic E-state index is 0.119. The Morgan fingerprint density at radius 2 is 1.95 bits per heavy atom. The number of hydrogen-bond acceptors (Lipinski definition) is 2. The van der Waals surface area contributed by atoms with Crippen molar-refractivity contribution < 1.29 is 4.79 Å². The van der Waals surface area contributed by atoms with Crippen LogP contribution in [-0.4, -0.2) is 19.0 Å². The van der Waals surface area contributed by atoms with Crippen LogP contribution in [0.15, 0.2) is 24.3 Å². The van der Waals surface area contributed by atoms with Crippen LogP contribution in [0, 0.1) is 24.2 Å². The number of benzene rings is 1. The summed E-state index contributed by atoms with van der Waals surface area (Å²) in [6, 6.07) is 8.52. The maximum absolute atomic E-state index is 12.7. The molecule has 1 saturated heterocycles. The SMILES string of the molecule is Cc1ccccc1C(NC(=O)C1CC12CCNCC2)C(C)C. The first-order valence-electron chi connectivity index (χ1n) is 8.60. The van der Waals surface area contributed by atoms with E-state index in [0.717, 1.165) is 32.4 Å². The molecule has 120 valence electrons. The molecule has 1 aromatic carbocycles. The molecule has 1 aliphatic heterocycles. The third-order valence-electron chi connectivity index (χ3n) is 5.59. The number of nitrogens with one attached hydrogen (secondary N) is 2. The summed E-state index contributed by atoms with van der Waals surface area (Å²) in [5.41, 5.74) is 2.82. The highest BCUT2D eigenvalue weighted by Gasteiger charge is 2.57. The Bertz CT molecular complexity index is 546. The zero-order valence-corrected chi connectivity index (χ0v) is 14.0. The van der Waals surface area contributed by atoms with E-state index in [2.05, 4.69) is 55.7 Å². The number of carbonyl (C=O) groups is 1. The summed E-state index contributed by atoms with van der Waals surface area (Å²) in [7, 11) is 0. The Balaban J connectivity index is 1.70. The summed E-state index contributed by atoms with van der Waals surface area (Å²) >= 11 is 0. The Hall–Kier alpha value is -1.35. The minimum atomic E-state index is 0.119. The summed E-state index contributed by atoms with van der Waals surface area (Å²) in [6.45, 7) is 8.63. The average Bonchev–Trinajstić information content (AvgIpc) is 3.19. The van der Waals surface area contributed by atoms with Gasteiger partial charge in [-0.2, -0.15) is 0 Å². The number of rotatable bonds is 4. The van der Waals surface area contributed by atoms with Crippen LogP contribution in [-0.2, 0) is 4.79 Å². The fourth-order valence-electron chi connectivity index (χ4n) is 3.99. The van der Waals surface area contributed by atoms with Gasteiger partial charge in [0, 0.05) is 5.92 Å². The Morgan fingerprint density at radius 1 is 1.27 bits per heavy atom. The van der Waals surface area contributed by atoms with Gasteiger partial charge in [0.25, 0.3) is 0 Å². The zero-order valence-electron chi connectivity index (χ0n) is 14.0. The zero-order chi connectivity index (χ0) is 15.7. The van der Waals surface area contributed by atoms with Gasteiger partial charge in [-0.05, 0) is 61.7 Å². The third kappa shape index (κ3) is 2.91. The molecule has 1 saturated carbocycles. The second-order valence-electron chi connectivity index (χ2n) is 7.46. The minimum Gasteiger partial charge on any atom is -0.349 e. The van der Waals surface area contributed by atoms with Gasteiger partial charge in [0.15, 0.2) is 0 Å². The van der Waals surface area contributed by atoms with Gasteiger partial charge in [0.2, 0.25) is 5.91 Å². The first kappa shape index (κ1) is 15.5. The van der Waals surface area contributed by atoms with Crippen LogP contribution >= 0.6 is 0 Å². The van der Waals surface area contributed by atoms with Gasteiger partial charge in [0.05, 0.1) is 6.04 Å². The largest absolute Gasteiger partial charge is 0.349 e. The number of hydrogen-bond donors (Lipinski definition) is 2. The smallest absolute Gasteiger partial charge is 0.224 e. The summed E-state index contributed by atoms with van der Waals surface area (Å²) in [5.74, 6) is 0.900. The second-order valence-corrected chi connectivity index (χ2v) is 7.46. The average molecular weight is 300 g/mol. The molecule has 2 unspecified atom stereocenters. The standard InChI is InChI=1S/C19H28N2O/c1-13(2)17(15-7-5-4-6-14(15)3)21-18(22)16-12-19(16)8-10-20-11-9-19/h4-7,13,16-17,20H,8-12H2,1-3H3,(H,21,22). The van der Waals surface area contributed by atoms with E-state index in [1.165, 1.54) is 11.1 Å². The van der Waals surface area contributed by atoms with E-state index in [0.29, 0.717) is 11.3 Å². The predicted octanol–water partition coefficient (Wildman–Crippen LogP) is 3.20. The topological polar surface area (TPSA) is 41.1 Å². The summed E-state index contributed by atoms with van der Waals surface area (Å²) in [5, 5.41) is 6.75. The first-order valence-corrected chi connectivity index (χ1v) is 8.60. The van der Waals surface area contributed by atoms with Crippen LogP contribution in [0.1, 0.15) is 50.3 Å². The van der Waals surface area contributed by atoms with Crippen molar-refractivity contribution in [2.45, 2.75) is 46.1 Å². The van der Waals surface area contributed by atoms with Crippen molar-refractivity contribution in [2.75, 3.05) is 13.1 Å². The first-order chi connectivity index (χ1) is 10.5. The van der Waals surface area contributed by atoms with Crippen LogP contribution in [0.3, 0.4) is 0 Å². The third-order valence-corrected chi connectivity index (χ3v) is 5.59.